The van der Waals surface area contributed by atoms with Crippen molar-refractivity contribution in [2.75, 3.05) is 17.7 Å². The molecule has 1 aromatic heterocycles. The van der Waals surface area contributed by atoms with E-state index in [2.05, 4.69) is 10.4 Å². The Balaban J connectivity index is 1.86. The standard InChI is InChI=1S/C15H16N4O3S/c1-19-15-11(6-17-19)14(23-8-13(21)18-15)9-2-4-10(5-3-9)22-7-12(16)20/h2-6,14H,7-8H2,1H3,(H2,16,20)(H,18,21)/t14-/m0/s1. The van der Waals surface area contributed by atoms with Crippen LogP contribution in [0.4, 0.5) is 5.82 Å². The van der Waals surface area contributed by atoms with Crippen LogP contribution >= 0.6 is 11.8 Å². The van der Waals surface area contributed by atoms with E-state index in [4.69, 9.17) is 10.5 Å². The van der Waals surface area contributed by atoms with E-state index in [0.717, 1.165) is 16.9 Å². The third-order valence-corrected chi connectivity index (χ3v) is 4.74. The molecule has 0 saturated heterocycles. The number of aryl methyl sites for hydroxylation is 1. The van der Waals surface area contributed by atoms with Gasteiger partial charge in [0.15, 0.2) is 6.61 Å². The van der Waals surface area contributed by atoms with Crippen LogP contribution in [0.2, 0.25) is 0 Å². The maximum Gasteiger partial charge on any atom is 0.255 e. The smallest absolute Gasteiger partial charge is 0.255 e. The first kappa shape index (κ1) is 15.4. The second kappa shape index (κ2) is 6.33. The minimum absolute atomic E-state index is 0.00263. The summed E-state index contributed by atoms with van der Waals surface area (Å²) < 4.78 is 6.92. The number of anilines is 1. The lowest BCUT2D eigenvalue weighted by atomic mass is 10.1. The molecule has 8 heteroatoms. The minimum Gasteiger partial charge on any atom is -0.484 e. The van der Waals surface area contributed by atoms with Gasteiger partial charge in [-0.1, -0.05) is 12.1 Å². The Hall–Kier alpha value is -2.48. The SMILES string of the molecule is Cn1ncc2c1NC(=O)CS[C@H]2c1ccc(OCC(N)=O)cc1. The summed E-state index contributed by atoms with van der Waals surface area (Å²) in [4.78, 5) is 22.6. The normalized spacial score (nSPS) is 17.1. The van der Waals surface area contributed by atoms with Crippen LogP contribution in [-0.4, -0.2) is 34.0 Å². The number of hydrogen-bond donors (Lipinski definition) is 2. The van der Waals surface area contributed by atoms with Crippen molar-refractivity contribution in [1.82, 2.24) is 9.78 Å². The van der Waals surface area contributed by atoms with Crippen LogP contribution in [-0.2, 0) is 16.6 Å². The van der Waals surface area contributed by atoms with Gasteiger partial charge >= 0.3 is 0 Å². The van der Waals surface area contributed by atoms with E-state index in [1.807, 2.05) is 12.1 Å². The third-order valence-electron chi connectivity index (χ3n) is 3.45. The monoisotopic (exact) mass is 332 g/mol. The number of carbonyl (C=O) groups is 2. The van der Waals surface area contributed by atoms with Crippen LogP contribution in [0.15, 0.2) is 30.5 Å². The van der Waals surface area contributed by atoms with Crippen LogP contribution in [0, 0.1) is 0 Å². The van der Waals surface area contributed by atoms with E-state index >= 15 is 0 Å². The Labute approximate surface area is 137 Å². The van der Waals surface area contributed by atoms with Crippen molar-refractivity contribution in [3.63, 3.8) is 0 Å². The number of ether oxygens (including phenoxy) is 1. The Morgan fingerprint density at radius 2 is 2.22 bits per heavy atom. The maximum atomic E-state index is 11.8. The van der Waals surface area contributed by atoms with Crippen LogP contribution in [0.25, 0.3) is 0 Å². The van der Waals surface area contributed by atoms with Gasteiger partial charge in [-0.15, -0.1) is 11.8 Å². The third kappa shape index (κ3) is 3.31. The molecule has 0 aliphatic carbocycles. The highest BCUT2D eigenvalue weighted by Gasteiger charge is 2.26. The quantitative estimate of drug-likeness (QED) is 0.872. The number of primary amides is 1. The highest BCUT2D eigenvalue weighted by molar-refractivity contribution is 8.00. The molecule has 23 heavy (non-hydrogen) atoms. The predicted molar refractivity (Wildman–Crippen MR) is 87.3 cm³/mol. The molecule has 0 unspecified atom stereocenters. The predicted octanol–water partition coefficient (Wildman–Crippen LogP) is 1.06. The summed E-state index contributed by atoms with van der Waals surface area (Å²) in [5.41, 5.74) is 7.06. The molecule has 0 saturated carbocycles. The maximum absolute atomic E-state index is 11.8. The summed E-state index contributed by atoms with van der Waals surface area (Å²) in [6.45, 7) is -0.150. The Kier molecular flexibility index (Phi) is 4.24. The van der Waals surface area contributed by atoms with Crippen LogP contribution in [0.3, 0.4) is 0 Å². The van der Waals surface area contributed by atoms with Crippen molar-refractivity contribution in [1.29, 1.82) is 0 Å². The van der Waals surface area contributed by atoms with Gasteiger partial charge in [-0.2, -0.15) is 5.10 Å². The minimum atomic E-state index is -0.516. The molecular formula is C15H16N4O3S. The first-order valence-corrected chi connectivity index (χ1v) is 8.04. The van der Waals surface area contributed by atoms with Gasteiger partial charge in [0.05, 0.1) is 17.2 Å². The summed E-state index contributed by atoms with van der Waals surface area (Å²) in [7, 11) is 1.80. The molecule has 0 fully saturated rings. The molecule has 120 valence electrons. The number of benzene rings is 1. The van der Waals surface area contributed by atoms with Gasteiger partial charge in [0.2, 0.25) is 5.91 Å². The van der Waals surface area contributed by atoms with Crippen LogP contribution < -0.4 is 15.8 Å². The van der Waals surface area contributed by atoms with E-state index in [-0.39, 0.29) is 17.8 Å². The lowest BCUT2D eigenvalue weighted by Gasteiger charge is -2.14. The lowest BCUT2D eigenvalue weighted by Crippen LogP contribution is -2.19. The molecule has 0 radical (unpaired) electrons. The number of hydrogen-bond acceptors (Lipinski definition) is 5. The molecule has 2 amide bonds. The zero-order valence-electron chi connectivity index (χ0n) is 12.5. The molecule has 1 atom stereocenters. The Morgan fingerprint density at radius 1 is 1.48 bits per heavy atom. The van der Waals surface area contributed by atoms with Gasteiger partial charge in [-0.25, -0.2) is 0 Å². The van der Waals surface area contributed by atoms with Gasteiger partial charge < -0.3 is 15.8 Å². The molecule has 3 N–H and O–H groups in total. The van der Waals surface area contributed by atoms with Gasteiger partial charge in [-0.05, 0) is 17.7 Å². The Morgan fingerprint density at radius 3 is 2.91 bits per heavy atom. The number of thioether (sulfide) groups is 1. The van der Waals surface area contributed by atoms with E-state index in [0.29, 0.717) is 11.5 Å². The number of nitrogens with two attached hydrogens (primary N) is 1. The molecule has 0 spiro atoms. The number of fused-ring (bicyclic) bond motifs is 1. The molecule has 2 heterocycles. The fraction of sp³-hybridized carbons (Fsp3) is 0.267. The lowest BCUT2D eigenvalue weighted by molar-refractivity contribution is -0.120. The number of rotatable bonds is 4. The van der Waals surface area contributed by atoms with E-state index in [9.17, 15) is 9.59 Å². The van der Waals surface area contributed by atoms with Gasteiger partial charge in [-0.3, -0.25) is 14.3 Å². The summed E-state index contributed by atoms with van der Waals surface area (Å²) >= 11 is 1.55. The zero-order valence-corrected chi connectivity index (χ0v) is 13.3. The molecular weight excluding hydrogens is 316 g/mol. The first-order chi connectivity index (χ1) is 11.0. The molecule has 2 aromatic rings. The van der Waals surface area contributed by atoms with Gasteiger partial charge in [0, 0.05) is 12.6 Å². The summed E-state index contributed by atoms with van der Waals surface area (Å²) in [6, 6.07) is 7.41. The van der Waals surface area contributed by atoms with Crippen LogP contribution in [0.5, 0.6) is 5.75 Å². The van der Waals surface area contributed by atoms with E-state index in [1.165, 1.54) is 0 Å². The first-order valence-electron chi connectivity index (χ1n) is 6.99. The summed E-state index contributed by atoms with van der Waals surface area (Å²) in [6.07, 6.45) is 1.77. The Bertz CT molecular complexity index is 742. The van der Waals surface area contributed by atoms with Crippen molar-refractivity contribution < 1.29 is 14.3 Å². The molecule has 1 aliphatic heterocycles. The topological polar surface area (TPSA) is 99.2 Å². The fourth-order valence-corrected chi connectivity index (χ4v) is 3.48. The number of nitrogens with one attached hydrogen (secondary N) is 1. The zero-order chi connectivity index (χ0) is 16.4. The molecule has 7 nitrogen and oxygen atoms in total. The number of aromatic nitrogens is 2. The number of amides is 2. The van der Waals surface area contributed by atoms with Gasteiger partial charge in [0.25, 0.3) is 5.91 Å². The van der Waals surface area contributed by atoms with Gasteiger partial charge in [0.1, 0.15) is 11.6 Å². The van der Waals surface area contributed by atoms with E-state index in [1.54, 1.807) is 41.8 Å². The van der Waals surface area contributed by atoms with Crippen molar-refractivity contribution >= 4 is 29.4 Å². The molecule has 1 aliphatic rings. The van der Waals surface area contributed by atoms with Crippen molar-refractivity contribution in [2.24, 2.45) is 12.8 Å². The average Bonchev–Trinajstić information content (AvgIpc) is 2.79. The molecule has 0 bridgehead atoms. The van der Waals surface area contributed by atoms with Crippen LogP contribution in [0.1, 0.15) is 16.4 Å². The summed E-state index contributed by atoms with van der Waals surface area (Å²) in [5, 5.41) is 7.11. The second-order valence-corrected chi connectivity index (χ2v) is 6.23. The fourth-order valence-electron chi connectivity index (χ4n) is 2.39. The highest BCUT2D eigenvalue weighted by atomic mass is 32.2. The highest BCUT2D eigenvalue weighted by Crippen LogP contribution is 2.41. The van der Waals surface area contributed by atoms with Crippen molar-refractivity contribution in [3.05, 3.63) is 41.6 Å². The largest absolute Gasteiger partial charge is 0.484 e. The molecule has 1 aromatic carbocycles. The number of nitrogens with zero attached hydrogens (tertiary/aromatic N) is 2. The number of carbonyl (C=O) groups excluding carboxylic acids is 2. The average molecular weight is 332 g/mol. The second-order valence-electron chi connectivity index (χ2n) is 5.14. The molecule has 3 rings (SSSR count). The summed E-state index contributed by atoms with van der Waals surface area (Å²) in [5.74, 6) is 1.12. The van der Waals surface area contributed by atoms with Crippen molar-refractivity contribution in [2.45, 2.75) is 5.25 Å². The van der Waals surface area contributed by atoms with E-state index < -0.39 is 5.91 Å². The van der Waals surface area contributed by atoms with Crippen molar-refractivity contribution in [3.8, 4) is 5.75 Å².